The van der Waals surface area contributed by atoms with Gasteiger partial charge in [-0.2, -0.15) is 0 Å². The van der Waals surface area contributed by atoms with Crippen molar-refractivity contribution in [2.45, 2.75) is 12.5 Å². The maximum atomic E-state index is 9.59. The molecule has 0 saturated carbocycles. The molecule has 1 saturated heterocycles. The highest BCUT2D eigenvalue weighted by Gasteiger charge is 2.24. The van der Waals surface area contributed by atoms with Crippen LogP contribution in [0.3, 0.4) is 0 Å². The fourth-order valence-electron chi connectivity index (χ4n) is 1.86. The topological polar surface area (TPSA) is 52.5 Å². The van der Waals surface area contributed by atoms with Crippen LogP contribution >= 0.6 is 0 Å². The lowest BCUT2D eigenvalue weighted by molar-refractivity contribution is 0.147. The number of aliphatic hydroxyl groups excluding tert-OH is 1. The van der Waals surface area contributed by atoms with Gasteiger partial charge >= 0.3 is 0 Å². The second-order valence-corrected chi connectivity index (χ2v) is 3.86. The molecule has 1 aliphatic rings. The van der Waals surface area contributed by atoms with Crippen molar-refractivity contribution in [2.75, 3.05) is 13.1 Å². The zero-order valence-corrected chi connectivity index (χ0v) is 7.98. The summed E-state index contributed by atoms with van der Waals surface area (Å²) in [5.74, 6) is 0.596. The third-order valence-corrected chi connectivity index (χ3v) is 2.74. The molecule has 2 unspecified atom stereocenters. The van der Waals surface area contributed by atoms with E-state index >= 15 is 0 Å². The average molecular weight is 193 g/mol. The molecule has 76 valence electrons. The van der Waals surface area contributed by atoms with Crippen molar-refractivity contribution in [3.05, 3.63) is 29.8 Å². The quantitative estimate of drug-likeness (QED) is 0.641. The first-order valence-electron chi connectivity index (χ1n) is 4.92. The van der Waals surface area contributed by atoms with Gasteiger partial charge in [-0.25, -0.2) is 0 Å². The summed E-state index contributed by atoms with van der Waals surface area (Å²) in [5.41, 5.74) is 1.16. The molecule has 0 aliphatic carbocycles. The summed E-state index contributed by atoms with van der Waals surface area (Å²) in [6.45, 7) is 1.57. The Hall–Kier alpha value is -1.06. The van der Waals surface area contributed by atoms with Crippen molar-refractivity contribution in [1.29, 1.82) is 0 Å². The first-order chi connectivity index (χ1) is 6.75. The highest BCUT2D eigenvalue weighted by molar-refractivity contribution is 5.26. The molecule has 1 aliphatic heterocycles. The van der Waals surface area contributed by atoms with E-state index in [1.807, 2.05) is 12.1 Å². The predicted molar refractivity (Wildman–Crippen MR) is 54.2 cm³/mol. The number of rotatable bonds is 2. The summed E-state index contributed by atoms with van der Waals surface area (Å²) in [6.07, 6.45) is 0.637. The number of aliphatic hydroxyl groups is 1. The van der Waals surface area contributed by atoms with Crippen molar-refractivity contribution < 1.29 is 10.2 Å². The number of hydrogen-bond acceptors (Lipinski definition) is 3. The monoisotopic (exact) mass is 193 g/mol. The highest BCUT2D eigenvalue weighted by atomic mass is 16.3. The van der Waals surface area contributed by atoms with Crippen molar-refractivity contribution in [3.63, 3.8) is 0 Å². The van der Waals surface area contributed by atoms with E-state index in [4.69, 9.17) is 5.11 Å². The molecule has 0 bridgehead atoms. The Morgan fingerprint density at radius 1 is 1.21 bits per heavy atom. The van der Waals surface area contributed by atoms with Crippen LogP contribution in [0.2, 0.25) is 0 Å². The Bertz CT molecular complexity index is 297. The fourth-order valence-corrected chi connectivity index (χ4v) is 1.86. The molecule has 1 aromatic carbocycles. The lowest BCUT2D eigenvalue weighted by Crippen LogP contribution is -2.19. The van der Waals surface area contributed by atoms with Gasteiger partial charge < -0.3 is 15.5 Å². The molecule has 0 spiro atoms. The fraction of sp³-hybridized carbons (Fsp3) is 0.455. The third-order valence-electron chi connectivity index (χ3n) is 2.74. The standard InChI is InChI=1S/C11H15NO2/c13-10-3-1-8(2-4-10)5-9-6-12-7-11(9)14/h1-4,9,11-14H,5-7H2. The molecule has 1 heterocycles. The first-order valence-corrected chi connectivity index (χ1v) is 4.92. The predicted octanol–water partition coefficient (Wildman–Crippen LogP) is 0.515. The van der Waals surface area contributed by atoms with Crippen LogP contribution < -0.4 is 5.32 Å². The lowest BCUT2D eigenvalue weighted by Gasteiger charge is -2.12. The number of aromatic hydroxyl groups is 1. The van der Waals surface area contributed by atoms with Gasteiger partial charge in [0.2, 0.25) is 0 Å². The molecular weight excluding hydrogens is 178 g/mol. The largest absolute Gasteiger partial charge is 0.508 e. The minimum atomic E-state index is -0.233. The average Bonchev–Trinajstić information content (AvgIpc) is 2.56. The Morgan fingerprint density at radius 2 is 1.93 bits per heavy atom. The van der Waals surface area contributed by atoms with Crippen LogP contribution in [0, 0.1) is 5.92 Å². The van der Waals surface area contributed by atoms with E-state index in [0.717, 1.165) is 18.5 Å². The molecule has 3 heteroatoms. The summed E-state index contributed by atoms with van der Waals surface area (Å²) in [4.78, 5) is 0. The first kappa shape index (κ1) is 9.49. The van der Waals surface area contributed by atoms with Gasteiger partial charge in [0, 0.05) is 19.0 Å². The van der Waals surface area contributed by atoms with E-state index in [9.17, 15) is 5.11 Å². The van der Waals surface area contributed by atoms with E-state index < -0.39 is 0 Å². The van der Waals surface area contributed by atoms with Gasteiger partial charge in [0.25, 0.3) is 0 Å². The smallest absolute Gasteiger partial charge is 0.115 e. The SMILES string of the molecule is Oc1ccc(CC2CNCC2O)cc1. The van der Waals surface area contributed by atoms with Crippen LogP contribution in [0.25, 0.3) is 0 Å². The second-order valence-electron chi connectivity index (χ2n) is 3.86. The van der Waals surface area contributed by atoms with Crippen molar-refractivity contribution in [2.24, 2.45) is 5.92 Å². The third kappa shape index (κ3) is 2.05. The number of phenolic OH excluding ortho intramolecular Hbond substituents is 1. The summed E-state index contributed by atoms with van der Waals surface area (Å²) < 4.78 is 0. The summed E-state index contributed by atoms with van der Waals surface area (Å²) in [6, 6.07) is 7.18. The molecule has 2 atom stereocenters. The molecule has 3 N–H and O–H groups in total. The number of β-amino-alcohol motifs (C(OH)–C–C–N with tert-alkyl or cyclic N) is 1. The summed E-state index contributed by atoms with van der Waals surface area (Å²) in [7, 11) is 0. The van der Waals surface area contributed by atoms with Crippen molar-refractivity contribution in [3.8, 4) is 5.75 Å². The van der Waals surface area contributed by atoms with Crippen LogP contribution in [0.1, 0.15) is 5.56 Å². The Balaban J connectivity index is 2.00. The van der Waals surface area contributed by atoms with E-state index in [1.165, 1.54) is 0 Å². The van der Waals surface area contributed by atoms with Gasteiger partial charge in [-0.3, -0.25) is 0 Å². The summed E-state index contributed by atoms with van der Waals surface area (Å²) in [5, 5.41) is 21.9. The minimum absolute atomic E-state index is 0.233. The summed E-state index contributed by atoms with van der Waals surface area (Å²) >= 11 is 0. The van der Waals surface area contributed by atoms with E-state index in [2.05, 4.69) is 5.32 Å². The van der Waals surface area contributed by atoms with Crippen LogP contribution in [-0.2, 0) is 6.42 Å². The van der Waals surface area contributed by atoms with Gasteiger partial charge in [-0.05, 0) is 24.1 Å². The van der Waals surface area contributed by atoms with E-state index in [-0.39, 0.29) is 6.10 Å². The molecule has 1 aromatic rings. The van der Waals surface area contributed by atoms with E-state index in [0.29, 0.717) is 18.2 Å². The molecular formula is C11H15NO2. The van der Waals surface area contributed by atoms with Gasteiger partial charge in [-0.15, -0.1) is 0 Å². The molecule has 14 heavy (non-hydrogen) atoms. The Morgan fingerprint density at radius 3 is 2.50 bits per heavy atom. The van der Waals surface area contributed by atoms with Gasteiger partial charge in [-0.1, -0.05) is 12.1 Å². The normalized spacial score (nSPS) is 26.6. The van der Waals surface area contributed by atoms with E-state index in [1.54, 1.807) is 12.1 Å². The maximum Gasteiger partial charge on any atom is 0.115 e. The Kier molecular flexibility index (Phi) is 2.70. The molecule has 0 amide bonds. The number of hydrogen-bond donors (Lipinski definition) is 3. The van der Waals surface area contributed by atoms with Gasteiger partial charge in [0.05, 0.1) is 6.10 Å². The van der Waals surface area contributed by atoms with Crippen LogP contribution in [0.4, 0.5) is 0 Å². The van der Waals surface area contributed by atoms with Crippen LogP contribution in [0.15, 0.2) is 24.3 Å². The minimum Gasteiger partial charge on any atom is -0.508 e. The van der Waals surface area contributed by atoms with Crippen molar-refractivity contribution >= 4 is 0 Å². The van der Waals surface area contributed by atoms with Gasteiger partial charge in [0.1, 0.15) is 5.75 Å². The number of phenols is 1. The van der Waals surface area contributed by atoms with Gasteiger partial charge in [0.15, 0.2) is 0 Å². The molecule has 2 rings (SSSR count). The highest BCUT2D eigenvalue weighted by Crippen LogP contribution is 2.17. The van der Waals surface area contributed by atoms with Crippen molar-refractivity contribution in [1.82, 2.24) is 5.32 Å². The zero-order valence-electron chi connectivity index (χ0n) is 7.98. The number of benzene rings is 1. The molecule has 0 aromatic heterocycles. The molecule has 0 radical (unpaired) electrons. The zero-order chi connectivity index (χ0) is 9.97. The van der Waals surface area contributed by atoms with Crippen LogP contribution in [-0.4, -0.2) is 29.4 Å². The molecule has 1 fully saturated rings. The Labute approximate surface area is 83.4 Å². The number of nitrogens with one attached hydrogen (secondary N) is 1. The van der Waals surface area contributed by atoms with Crippen LogP contribution in [0.5, 0.6) is 5.75 Å². The molecule has 3 nitrogen and oxygen atoms in total. The lowest BCUT2D eigenvalue weighted by atomic mass is 9.97. The second kappa shape index (κ2) is 3.98. The maximum absolute atomic E-state index is 9.59.